The van der Waals surface area contributed by atoms with Gasteiger partial charge in [-0.05, 0) is 11.8 Å². The molecule has 0 spiro atoms. The first-order valence-electron chi connectivity index (χ1n) is 15.0. The molecule has 6 aliphatic heterocycles. The number of anilines is 2. The third-order valence-electron chi connectivity index (χ3n) is 8.90. The second kappa shape index (κ2) is 12.0. The van der Waals surface area contributed by atoms with Gasteiger partial charge in [-0.1, -0.05) is 12.2 Å². The van der Waals surface area contributed by atoms with Crippen molar-refractivity contribution in [1.29, 1.82) is 0 Å². The molecule has 10 rings (SSSR count). The monoisotopic (exact) mass is 761 g/mol. The minimum atomic E-state index is -4.38. The van der Waals surface area contributed by atoms with Crippen LogP contribution in [0, 0.1) is 0 Å². The quantitative estimate of drug-likeness (QED) is 0.0969. The number of ether oxygens (including phenoxy) is 2. The average Bonchev–Trinajstić information content (AvgIpc) is 3.34. The Labute approximate surface area is 284 Å². The summed E-state index contributed by atoms with van der Waals surface area (Å²) in [7, 11) is 0. The number of nitrogens with one attached hydrogen (secondary N) is 3. The summed E-state index contributed by atoms with van der Waals surface area (Å²) in [6.45, 7) is -8.87. The molecule has 14 bridgehead atoms. The molecule has 4 aromatic rings. The minimum absolute atomic E-state index is 0.0655. The van der Waals surface area contributed by atoms with Crippen LogP contribution in [-0.2, 0) is 43.9 Å². The first-order chi connectivity index (χ1) is 23.6. The van der Waals surface area contributed by atoms with Crippen LogP contribution in [0.5, 0.6) is 0 Å². The third kappa shape index (κ3) is 5.82. The van der Waals surface area contributed by atoms with E-state index < -0.39 is 75.9 Å². The molecule has 12 atom stereocenters. The van der Waals surface area contributed by atoms with Gasteiger partial charge in [-0.15, -0.1) is 0 Å². The zero-order valence-electron chi connectivity index (χ0n) is 24.8. The van der Waals surface area contributed by atoms with Crippen molar-refractivity contribution in [3.63, 3.8) is 0 Å². The second-order valence-corrected chi connectivity index (χ2v) is 17.6. The molecule has 25 heteroatoms. The zero-order chi connectivity index (χ0) is 33.7. The third-order valence-corrected chi connectivity index (χ3v) is 12.1. The Kier molecular flexibility index (Phi) is 7.95. The van der Waals surface area contributed by atoms with Crippen LogP contribution >= 0.6 is 25.8 Å². The maximum Gasteiger partial charge on any atom is 0.386 e. The van der Waals surface area contributed by atoms with Crippen LogP contribution in [0.15, 0.2) is 25.3 Å². The average molecular weight is 762 g/mol. The summed E-state index contributed by atoms with van der Waals surface area (Å²) in [5.74, 6) is 0.823. The molecule has 4 aromatic heterocycles. The van der Waals surface area contributed by atoms with E-state index in [-0.39, 0.29) is 23.4 Å². The Morgan fingerprint density at radius 1 is 0.816 bits per heavy atom. The number of alkyl halides is 2. The Hall–Kier alpha value is -2.53. The molecule has 0 aliphatic carbocycles. The van der Waals surface area contributed by atoms with Crippen LogP contribution in [0.4, 0.5) is 20.4 Å². The summed E-state index contributed by atoms with van der Waals surface area (Å²) >= 11 is 9.30. The van der Waals surface area contributed by atoms with E-state index >= 15 is 8.78 Å². The molecular formula is C24H27F2N11O8P2S2. The number of thiol groups is 1. The number of hydrogen-bond acceptors (Lipinski definition) is 17. The molecule has 10 heterocycles. The normalized spacial score (nSPS) is 40.8. The van der Waals surface area contributed by atoms with Gasteiger partial charge in [0.1, 0.15) is 37.1 Å². The summed E-state index contributed by atoms with van der Waals surface area (Å²) in [6, 6.07) is 0.131. The van der Waals surface area contributed by atoms with Crippen LogP contribution in [0.2, 0.25) is 0 Å². The molecule has 4 saturated heterocycles. The molecule has 7 unspecified atom stereocenters. The Balaban J connectivity index is 1.12. The first-order valence-corrected chi connectivity index (χ1v) is 20.3. The smallest absolute Gasteiger partial charge is 0.366 e. The molecule has 49 heavy (non-hydrogen) atoms. The highest BCUT2D eigenvalue weighted by Crippen LogP contribution is 2.58. The molecule has 6 aliphatic rings. The van der Waals surface area contributed by atoms with E-state index in [9.17, 15) is 9.46 Å². The van der Waals surface area contributed by atoms with Gasteiger partial charge in [0, 0.05) is 25.2 Å². The van der Waals surface area contributed by atoms with Crippen molar-refractivity contribution in [3.05, 3.63) is 25.3 Å². The zero-order valence-corrected chi connectivity index (χ0v) is 28.3. The summed E-state index contributed by atoms with van der Waals surface area (Å²) in [6.07, 6.45) is -7.31. The number of nitrogens with zero attached hydrogens (tertiary/aromatic N) is 8. The van der Waals surface area contributed by atoms with Gasteiger partial charge < -0.3 is 34.8 Å². The molecule has 4 N–H and O–H groups in total. The van der Waals surface area contributed by atoms with Crippen molar-refractivity contribution in [1.82, 2.24) is 44.4 Å². The van der Waals surface area contributed by atoms with Gasteiger partial charge in [-0.25, -0.2) is 43.2 Å². The highest BCUT2D eigenvalue weighted by atomic mass is 32.7. The van der Waals surface area contributed by atoms with Gasteiger partial charge >= 0.3 is 13.5 Å². The molecule has 262 valence electrons. The predicted molar refractivity (Wildman–Crippen MR) is 171 cm³/mol. The van der Waals surface area contributed by atoms with Gasteiger partial charge in [0.05, 0.1) is 25.9 Å². The van der Waals surface area contributed by atoms with Crippen molar-refractivity contribution < 1.29 is 45.8 Å². The Morgan fingerprint density at radius 3 is 1.88 bits per heavy atom. The molecule has 0 radical (unpaired) electrons. The van der Waals surface area contributed by atoms with Crippen LogP contribution in [0.1, 0.15) is 12.5 Å². The fourth-order valence-corrected chi connectivity index (χ4v) is 9.35. The number of hydrogen-bond donors (Lipinski definition) is 5. The van der Waals surface area contributed by atoms with Crippen LogP contribution < -0.4 is 16.0 Å². The van der Waals surface area contributed by atoms with E-state index in [2.05, 4.69) is 58.1 Å². The number of halogens is 2. The molecule has 0 amide bonds. The lowest BCUT2D eigenvalue weighted by Gasteiger charge is -2.29. The lowest BCUT2D eigenvalue weighted by atomic mass is 10.1. The Bertz CT molecular complexity index is 1890. The van der Waals surface area contributed by atoms with E-state index in [0.717, 1.165) is 0 Å². The van der Waals surface area contributed by atoms with Gasteiger partial charge in [-0.3, -0.25) is 22.7 Å². The predicted octanol–water partition coefficient (Wildman–Crippen LogP) is 1.39. The molecule has 0 saturated carbocycles. The number of rotatable bonds is 0. The van der Waals surface area contributed by atoms with E-state index in [4.69, 9.17) is 39.4 Å². The van der Waals surface area contributed by atoms with Crippen molar-refractivity contribution in [2.75, 3.05) is 36.9 Å². The van der Waals surface area contributed by atoms with Crippen LogP contribution in [0.25, 0.3) is 22.3 Å². The summed E-state index contributed by atoms with van der Waals surface area (Å²) in [5.41, 5.74) is 1.17. The summed E-state index contributed by atoms with van der Waals surface area (Å²) < 4.78 is 83.1. The lowest BCUT2D eigenvalue weighted by molar-refractivity contribution is -0.0564. The fraction of sp³-hybridized carbons (Fsp3) is 0.583. The van der Waals surface area contributed by atoms with Gasteiger partial charge in [0.2, 0.25) is 0 Å². The Morgan fingerprint density at radius 2 is 1.33 bits per heavy atom. The van der Waals surface area contributed by atoms with E-state index in [1.807, 2.05) is 0 Å². The van der Waals surface area contributed by atoms with E-state index in [1.54, 1.807) is 0 Å². The highest BCUT2D eigenvalue weighted by Gasteiger charge is 2.54. The maximum absolute atomic E-state index is 16.3. The molecule has 19 nitrogen and oxygen atoms in total. The standard InChI is InChI=1S/C24H27F2N11O8P2S2/c25-13-17-11-3-40-47(39,49)45-18-12(4-41-46(38,48)44-17)43-24(14(18)26)37-8-34-16-20(30-6-32-22(16)37)28-2-10-9(35-10)1-27-19-15-21(31-5-29-19)36(7-33-15)23(13)42-11/h5-14,17-18,23-24,35H,1-4H2,(H,38,48)(H,39,49)(H,27,29,31)(H,28,30,32)/t9?,10?,11?,12?,13-,14-,17-,18-,23-,24?,46?,47?/m1/s1. The van der Waals surface area contributed by atoms with Gasteiger partial charge in [0.25, 0.3) is 0 Å². The molecular weight excluding hydrogens is 734 g/mol. The second-order valence-electron chi connectivity index (χ2n) is 11.9. The van der Waals surface area contributed by atoms with Gasteiger partial charge in [-0.2, -0.15) is 0 Å². The molecule has 4 fully saturated rings. The number of aromatic nitrogens is 8. The minimum Gasteiger partial charge on any atom is -0.366 e. The van der Waals surface area contributed by atoms with Crippen molar-refractivity contribution >= 4 is 71.5 Å². The number of imidazole rings is 2. The first kappa shape index (κ1) is 32.4. The van der Waals surface area contributed by atoms with Crippen molar-refractivity contribution in [2.24, 2.45) is 0 Å². The van der Waals surface area contributed by atoms with Crippen molar-refractivity contribution in [3.8, 4) is 0 Å². The summed E-state index contributed by atoms with van der Waals surface area (Å²) in [5, 5.41) is 9.90. The number of fused-ring (bicyclic) bond motifs is 8. The van der Waals surface area contributed by atoms with E-state index in [0.29, 0.717) is 35.8 Å². The SMILES string of the molecule is O=P1(S)OCC2OC3[C@H](F)[C@@H]2OP(O)(=S)OCC2O[C@H]([C@H](F)[C@@H]2O1)n1cnc2c(ncnc21)NCC1NC1CNc1ncnc2c1ncn23. The fourth-order valence-electron chi connectivity index (χ4n) is 6.43. The summed E-state index contributed by atoms with van der Waals surface area (Å²) in [4.78, 5) is 37.1. The van der Waals surface area contributed by atoms with Crippen LogP contribution in [0.3, 0.4) is 0 Å². The molecule has 0 aromatic carbocycles. The largest absolute Gasteiger partial charge is 0.386 e. The van der Waals surface area contributed by atoms with E-state index in [1.165, 1.54) is 34.4 Å². The van der Waals surface area contributed by atoms with Crippen molar-refractivity contribution in [2.45, 2.75) is 61.3 Å². The topological polar surface area (TPSA) is 226 Å². The maximum atomic E-state index is 16.3. The lowest BCUT2D eigenvalue weighted by Crippen LogP contribution is -2.37. The van der Waals surface area contributed by atoms with Gasteiger partial charge in [0.15, 0.2) is 58.8 Å². The highest BCUT2D eigenvalue weighted by molar-refractivity contribution is 8.44. The van der Waals surface area contributed by atoms with Crippen LogP contribution in [-0.4, -0.2) is 119 Å².